The number of thiazole rings is 1. The molecule has 3 aromatic carbocycles. The number of nitrogens with one attached hydrogen (secondary N) is 2. The molecule has 1 unspecified atom stereocenters. The minimum atomic E-state index is -0.578. The van der Waals surface area contributed by atoms with Gasteiger partial charge in [-0.3, -0.25) is 9.59 Å². The van der Waals surface area contributed by atoms with E-state index in [0.29, 0.717) is 17.2 Å². The van der Waals surface area contributed by atoms with Gasteiger partial charge in [-0.2, -0.15) is 0 Å². The van der Waals surface area contributed by atoms with Crippen molar-refractivity contribution in [1.29, 1.82) is 0 Å². The van der Waals surface area contributed by atoms with Crippen molar-refractivity contribution >= 4 is 45.7 Å². The number of amides is 2. The van der Waals surface area contributed by atoms with E-state index in [4.69, 9.17) is 0 Å². The van der Waals surface area contributed by atoms with Crippen molar-refractivity contribution in [3.63, 3.8) is 0 Å². The van der Waals surface area contributed by atoms with Gasteiger partial charge in [-0.05, 0) is 43.7 Å². The van der Waals surface area contributed by atoms with Gasteiger partial charge in [0.25, 0.3) is 5.91 Å². The summed E-state index contributed by atoms with van der Waals surface area (Å²) < 4.78 is 13.9. The number of nitrogens with zero attached hydrogens (tertiary/aromatic N) is 1. The molecule has 1 aromatic heterocycles. The number of hydrogen-bond acceptors (Lipinski definition) is 5. The van der Waals surface area contributed by atoms with Gasteiger partial charge in [0.15, 0.2) is 5.13 Å². The highest BCUT2D eigenvalue weighted by atomic mass is 32.2. The van der Waals surface area contributed by atoms with E-state index >= 15 is 0 Å². The third kappa shape index (κ3) is 6.35. The summed E-state index contributed by atoms with van der Waals surface area (Å²) in [5.41, 5.74) is 3.51. The topological polar surface area (TPSA) is 71.1 Å². The Kier molecular flexibility index (Phi) is 7.94. The lowest BCUT2D eigenvalue weighted by atomic mass is 10.1. The van der Waals surface area contributed by atoms with E-state index in [1.165, 1.54) is 46.9 Å². The Morgan fingerprint density at radius 1 is 1.03 bits per heavy atom. The average Bonchev–Trinajstić information content (AvgIpc) is 3.31. The van der Waals surface area contributed by atoms with Crippen molar-refractivity contribution in [2.75, 3.05) is 10.6 Å². The predicted octanol–water partition coefficient (Wildman–Crippen LogP) is 7.02. The van der Waals surface area contributed by atoms with Crippen molar-refractivity contribution in [3.8, 4) is 11.3 Å². The lowest BCUT2D eigenvalue weighted by molar-refractivity contribution is -0.115. The molecule has 0 aliphatic rings. The summed E-state index contributed by atoms with van der Waals surface area (Å²) in [7, 11) is 0. The van der Waals surface area contributed by atoms with Crippen LogP contribution in [0.25, 0.3) is 11.3 Å². The Bertz CT molecular complexity index is 1340. The molecular formula is C27H24FN3O2S2. The minimum Gasteiger partial charge on any atom is -0.322 e. The first-order valence-electron chi connectivity index (χ1n) is 11.1. The molecule has 0 aliphatic carbocycles. The molecule has 4 rings (SSSR count). The molecule has 5 nitrogen and oxygen atoms in total. The summed E-state index contributed by atoms with van der Waals surface area (Å²) in [4.78, 5) is 30.7. The molecule has 0 saturated heterocycles. The van der Waals surface area contributed by atoms with E-state index in [1.807, 2.05) is 49.6 Å². The fourth-order valence-electron chi connectivity index (χ4n) is 3.35. The Labute approximate surface area is 211 Å². The maximum atomic E-state index is 13.9. The second-order valence-corrected chi connectivity index (χ2v) is 10.0. The Morgan fingerprint density at radius 2 is 1.80 bits per heavy atom. The highest BCUT2D eigenvalue weighted by molar-refractivity contribution is 8.00. The molecule has 0 aliphatic heterocycles. The van der Waals surface area contributed by atoms with Crippen LogP contribution in [-0.4, -0.2) is 22.0 Å². The second-order valence-electron chi connectivity index (χ2n) is 7.87. The molecule has 2 N–H and O–H groups in total. The normalized spacial score (nSPS) is 11.6. The minimum absolute atomic E-state index is 0.0233. The maximum Gasteiger partial charge on any atom is 0.258 e. The number of benzene rings is 3. The number of rotatable bonds is 8. The summed E-state index contributed by atoms with van der Waals surface area (Å²) in [6, 6.07) is 21.1. The predicted molar refractivity (Wildman–Crippen MR) is 142 cm³/mol. The molecule has 0 spiro atoms. The number of aromatic nitrogens is 1. The van der Waals surface area contributed by atoms with Crippen molar-refractivity contribution in [1.82, 2.24) is 4.98 Å². The first kappa shape index (κ1) is 24.6. The lowest BCUT2D eigenvalue weighted by Crippen LogP contribution is -2.24. The first-order chi connectivity index (χ1) is 16.9. The molecule has 4 aromatic rings. The molecule has 1 heterocycles. The van der Waals surface area contributed by atoms with Crippen LogP contribution in [0.2, 0.25) is 0 Å². The second kappa shape index (κ2) is 11.3. The lowest BCUT2D eigenvalue weighted by Gasteiger charge is -2.14. The van der Waals surface area contributed by atoms with Crippen LogP contribution < -0.4 is 10.6 Å². The van der Waals surface area contributed by atoms with Gasteiger partial charge in [0.2, 0.25) is 5.91 Å². The van der Waals surface area contributed by atoms with Crippen LogP contribution in [0.15, 0.2) is 83.1 Å². The van der Waals surface area contributed by atoms with Crippen LogP contribution >= 0.6 is 23.1 Å². The number of hydrogen-bond donors (Lipinski definition) is 2. The highest BCUT2D eigenvalue weighted by Crippen LogP contribution is 2.30. The fraction of sp³-hybridized carbons (Fsp3) is 0.148. The third-order valence-electron chi connectivity index (χ3n) is 5.23. The van der Waals surface area contributed by atoms with Crippen LogP contribution in [0.4, 0.5) is 15.2 Å². The molecule has 8 heteroatoms. The zero-order valence-corrected chi connectivity index (χ0v) is 20.9. The van der Waals surface area contributed by atoms with Gasteiger partial charge >= 0.3 is 0 Å². The van der Waals surface area contributed by atoms with Gasteiger partial charge < -0.3 is 10.6 Å². The van der Waals surface area contributed by atoms with Crippen molar-refractivity contribution in [3.05, 3.63) is 95.1 Å². The molecular weight excluding hydrogens is 481 g/mol. The number of anilines is 2. The van der Waals surface area contributed by atoms with E-state index in [2.05, 4.69) is 15.6 Å². The summed E-state index contributed by atoms with van der Waals surface area (Å²) >= 11 is 2.79. The average molecular weight is 506 g/mol. The van der Waals surface area contributed by atoms with E-state index in [-0.39, 0.29) is 16.7 Å². The van der Waals surface area contributed by atoms with Crippen LogP contribution in [0.3, 0.4) is 0 Å². The van der Waals surface area contributed by atoms with Crippen LogP contribution in [-0.2, 0) is 4.79 Å². The maximum absolute atomic E-state index is 13.9. The first-order valence-corrected chi connectivity index (χ1v) is 12.8. The van der Waals surface area contributed by atoms with Crippen molar-refractivity contribution in [2.24, 2.45) is 0 Å². The number of carbonyl (C=O) groups is 2. The van der Waals surface area contributed by atoms with Gasteiger partial charge in [0.1, 0.15) is 5.82 Å². The Hall–Kier alpha value is -3.49. The molecule has 0 fully saturated rings. The molecule has 2 amide bonds. The molecule has 178 valence electrons. The van der Waals surface area contributed by atoms with E-state index < -0.39 is 11.7 Å². The van der Waals surface area contributed by atoms with Gasteiger partial charge in [-0.25, -0.2) is 9.37 Å². The number of thioether (sulfide) groups is 1. The van der Waals surface area contributed by atoms with Gasteiger partial charge in [0.05, 0.1) is 16.5 Å². The highest BCUT2D eigenvalue weighted by Gasteiger charge is 2.20. The fourth-order valence-corrected chi connectivity index (χ4v) is 5.09. The SMILES string of the molecule is CCC(Sc1cccc(NC(=O)c2ccccc2F)c1)C(=O)Nc1nc(-c2ccc(C)cc2)cs1. The summed E-state index contributed by atoms with van der Waals surface area (Å²) in [5.74, 6) is -1.24. The van der Waals surface area contributed by atoms with Crippen LogP contribution in [0, 0.1) is 12.7 Å². The van der Waals surface area contributed by atoms with E-state index in [1.54, 1.807) is 24.3 Å². The number of carbonyl (C=O) groups excluding carboxylic acids is 2. The smallest absolute Gasteiger partial charge is 0.258 e. The monoisotopic (exact) mass is 505 g/mol. The van der Waals surface area contributed by atoms with Gasteiger partial charge in [-0.15, -0.1) is 23.1 Å². The van der Waals surface area contributed by atoms with Crippen LogP contribution in [0.5, 0.6) is 0 Å². The van der Waals surface area contributed by atoms with Crippen molar-refractivity contribution < 1.29 is 14.0 Å². The zero-order valence-electron chi connectivity index (χ0n) is 19.2. The standard InChI is InChI=1S/C27H24FN3O2S2/c1-3-24(26(33)31-27-30-23(16-34-27)18-13-11-17(2)12-14-18)35-20-8-6-7-19(15-20)29-25(32)21-9-4-5-10-22(21)28/h4-16,24H,3H2,1-2H3,(H,29,32)(H,30,31,33). The zero-order chi connectivity index (χ0) is 24.8. The molecule has 1 atom stereocenters. The molecule has 35 heavy (non-hydrogen) atoms. The Balaban J connectivity index is 1.40. The summed E-state index contributed by atoms with van der Waals surface area (Å²) in [6.07, 6.45) is 0.610. The largest absolute Gasteiger partial charge is 0.322 e. The molecule has 0 saturated carbocycles. The number of aryl methyl sites for hydroxylation is 1. The Morgan fingerprint density at radius 3 is 2.54 bits per heavy atom. The van der Waals surface area contributed by atoms with E-state index in [0.717, 1.165) is 16.2 Å². The quantitative estimate of drug-likeness (QED) is 0.253. The molecule has 0 radical (unpaired) electrons. The molecule has 0 bridgehead atoms. The van der Waals surface area contributed by atoms with E-state index in [9.17, 15) is 14.0 Å². The van der Waals surface area contributed by atoms with Gasteiger partial charge in [-0.1, -0.05) is 55.0 Å². The summed E-state index contributed by atoms with van der Waals surface area (Å²) in [5, 5.41) is 7.78. The van der Waals surface area contributed by atoms with Crippen molar-refractivity contribution in [2.45, 2.75) is 30.4 Å². The summed E-state index contributed by atoms with van der Waals surface area (Å²) in [6.45, 7) is 3.98. The third-order valence-corrected chi connectivity index (χ3v) is 7.35. The van der Waals surface area contributed by atoms with Crippen LogP contribution in [0.1, 0.15) is 29.3 Å². The number of halogens is 1. The van der Waals surface area contributed by atoms with Gasteiger partial charge in [0, 0.05) is 21.5 Å².